The topological polar surface area (TPSA) is 72.2 Å². The predicted molar refractivity (Wildman–Crippen MR) is 84.2 cm³/mol. The van der Waals surface area contributed by atoms with Gasteiger partial charge in [-0.3, -0.25) is 4.72 Å². The number of rotatable bonds is 4. The van der Waals surface area contributed by atoms with E-state index in [-0.39, 0.29) is 5.69 Å². The van der Waals surface area contributed by atoms with Crippen molar-refractivity contribution >= 4 is 38.3 Å². The fourth-order valence-corrected chi connectivity index (χ4v) is 3.22. The molecule has 21 heavy (non-hydrogen) atoms. The zero-order valence-electron chi connectivity index (χ0n) is 10.6. The first-order valence-electron chi connectivity index (χ1n) is 5.80. The monoisotopic (exact) mass is 424 g/mol. The Morgan fingerprint density at radius 3 is 2.29 bits per heavy atom. The molecule has 0 saturated carbocycles. The van der Waals surface area contributed by atoms with Gasteiger partial charge in [0.1, 0.15) is 10.7 Å². The number of nitrogens with one attached hydrogen (secondary N) is 1. The summed E-state index contributed by atoms with van der Waals surface area (Å²) in [5.41, 5.74) is 5.06. The van der Waals surface area contributed by atoms with Crippen molar-refractivity contribution in [3.8, 4) is 0 Å². The van der Waals surface area contributed by atoms with E-state index in [1.165, 1.54) is 0 Å². The van der Waals surface area contributed by atoms with E-state index in [1.54, 1.807) is 24.3 Å². The molecule has 0 aliphatic rings. The zero-order chi connectivity index (χ0) is 15.6. The van der Waals surface area contributed by atoms with Crippen molar-refractivity contribution in [3.63, 3.8) is 0 Å². The average Bonchev–Trinajstić information content (AvgIpc) is 2.41. The van der Waals surface area contributed by atoms with Crippen LogP contribution in [-0.2, 0) is 16.6 Å². The van der Waals surface area contributed by atoms with E-state index >= 15 is 0 Å². The van der Waals surface area contributed by atoms with Crippen LogP contribution in [0.4, 0.5) is 14.5 Å². The van der Waals surface area contributed by atoms with Crippen LogP contribution in [-0.4, -0.2) is 8.42 Å². The van der Waals surface area contributed by atoms with Crippen LogP contribution in [0, 0.1) is 15.2 Å². The molecule has 0 amide bonds. The first-order valence-corrected chi connectivity index (χ1v) is 8.36. The number of halogens is 3. The zero-order valence-corrected chi connectivity index (χ0v) is 13.6. The van der Waals surface area contributed by atoms with Crippen molar-refractivity contribution < 1.29 is 17.2 Å². The van der Waals surface area contributed by atoms with Gasteiger partial charge in [-0.15, -0.1) is 0 Å². The third kappa shape index (κ3) is 3.50. The summed E-state index contributed by atoms with van der Waals surface area (Å²) < 4.78 is 54.9. The van der Waals surface area contributed by atoms with Gasteiger partial charge in [0.05, 0.1) is 0 Å². The van der Waals surface area contributed by atoms with Crippen molar-refractivity contribution in [1.82, 2.24) is 0 Å². The molecule has 4 nitrogen and oxygen atoms in total. The highest BCUT2D eigenvalue weighted by Gasteiger charge is 2.23. The lowest BCUT2D eigenvalue weighted by molar-refractivity contribution is 0.530. The summed E-state index contributed by atoms with van der Waals surface area (Å²) in [6.45, 7) is -0.426. The Bertz CT molecular complexity index is 764. The smallest absolute Gasteiger partial charge is 0.264 e. The summed E-state index contributed by atoms with van der Waals surface area (Å²) in [7, 11) is -4.16. The summed E-state index contributed by atoms with van der Waals surface area (Å²) in [4.78, 5) is -0.636. The quantitative estimate of drug-likeness (QED) is 0.742. The Morgan fingerprint density at radius 1 is 1.10 bits per heavy atom. The number of sulfonamides is 1. The molecule has 2 aromatic rings. The highest BCUT2D eigenvalue weighted by atomic mass is 127. The van der Waals surface area contributed by atoms with E-state index in [4.69, 9.17) is 5.73 Å². The van der Waals surface area contributed by atoms with Crippen LogP contribution in [0.1, 0.15) is 5.56 Å². The molecular weight excluding hydrogens is 413 g/mol. The SMILES string of the molecule is NCc1c(F)ccc(S(=O)(=O)Nc2ccc(I)cc2)c1F. The Hall–Kier alpha value is -1.26. The molecule has 0 aromatic heterocycles. The van der Waals surface area contributed by atoms with Crippen molar-refractivity contribution in [2.45, 2.75) is 11.4 Å². The maximum atomic E-state index is 14.1. The molecule has 0 saturated heterocycles. The number of hydrogen-bond donors (Lipinski definition) is 2. The predicted octanol–water partition coefficient (Wildman–Crippen LogP) is 2.83. The van der Waals surface area contributed by atoms with Crippen LogP contribution in [0.5, 0.6) is 0 Å². The first kappa shape index (κ1) is 16.1. The molecule has 0 spiro atoms. The van der Waals surface area contributed by atoms with Gasteiger partial charge >= 0.3 is 0 Å². The highest BCUT2D eigenvalue weighted by molar-refractivity contribution is 14.1. The molecular formula is C13H11F2IN2O2S. The maximum absolute atomic E-state index is 14.1. The fourth-order valence-electron chi connectivity index (χ4n) is 1.70. The largest absolute Gasteiger partial charge is 0.326 e. The molecule has 8 heteroatoms. The lowest BCUT2D eigenvalue weighted by atomic mass is 10.2. The van der Waals surface area contributed by atoms with Gasteiger partial charge in [-0.2, -0.15) is 0 Å². The second-order valence-electron chi connectivity index (χ2n) is 4.15. The Morgan fingerprint density at radius 2 is 1.71 bits per heavy atom. The molecule has 0 atom stereocenters. The minimum atomic E-state index is -4.16. The molecule has 0 bridgehead atoms. The summed E-state index contributed by atoms with van der Waals surface area (Å²) in [6, 6.07) is 8.25. The standard InChI is InChI=1S/C13H11F2IN2O2S/c14-11-5-6-12(13(15)10(11)7-17)21(19,20)18-9-3-1-8(16)2-4-9/h1-6,18H,7,17H2. The molecule has 2 aromatic carbocycles. The second-order valence-corrected chi connectivity index (χ2v) is 7.05. The molecule has 0 heterocycles. The molecule has 3 N–H and O–H groups in total. The Balaban J connectivity index is 2.42. The van der Waals surface area contributed by atoms with Gasteiger partial charge in [-0.05, 0) is 59.0 Å². The van der Waals surface area contributed by atoms with Gasteiger partial charge in [-0.25, -0.2) is 17.2 Å². The van der Waals surface area contributed by atoms with Crippen LogP contribution < -0.4 is 10.5 Å². The van der Waals surface area contributed by atoms with E-state index in [1.807, 2.05) is 0 Å². The Labute approximate surface area is 134 Å². The third-order valence-electron chi connectivity index (χ3n) is 2.74. The van der Waals surface area contributed by atoms with Gasteiger partial charge in [0.25, 0.3) is 10.0 Å². The molecule has 112 valence electrons. The van der Waals surface area contributed by atoms with E-state index in [2.05, 4.69) is 27.3 Å². The van der Waals surface area contributed by atoms with Crippen LogP contribution in [0.15, 0.2) is 41.3 Å². The summed E-state index contributed by atoms with van der Waals surface area (Å²) >= 11 is 2.07. The lowest BCUT2D eigenvalue weighted by Gasteiger charge is -2.11. The summed E-state index contributed by atoms with van der Waals surface area (Å²) in [5.74, 6) is -2.04. The van der Waals surface area contributed by atoms with E-state index in [0.717, 1.165) is 15.7 Å². The molecule has 0 fully saturated rings. The van der Waals surface area contributed by atoms with Crippen molar-refractivity contribution in [2.75, 3.05) is 4.72 Å². The number of nitrogens with two attached hydrogens (primary N) is 1. The highest BCUT2D eigenvalue weighted by Crippen LogP contribution is 2.23. The summed E-state index contributed by atoms with van der Waals surface area (Å²) in [6.07, 6.45) is 0. The van der Waals surface area contributed by atoms with E-state index in [0.29, 0.717) is 0 Å². The van der Waals surface area contributed by atoms with Gasteiger partial charge < -0.3 is 5.73 Å². The van der Waals surface area contributed by atoms with Gasteiger partial charge in [0.2, 0.25) is 0 Å². The van der Waals surface area contributed by atoms with Crippen LogP contribution >= 0.6 is 22.6 Å². The molecule has 0 unspecified atom stereocenters. The van der Waals surface area contributed by atoms with Crippen molar-refractivity contribution in [1.29, 1.82) is 0 Å². The molecule has 0 aliphatic carbocycles. The fraction of sp³-hybridized carbons (Fsp3) is 0.0769. The van der Waals surface area contributed by atoms with Crippen LogP contribution in [0.2, 0.25) is 0 Å². The number of anilines is 1. The second kappa shape index (κ2) is 6.24. The molecule has 2 rings (SSSR count). The third-order valence-corrected chi connectivity index (χ3v) is 4.86. The lowest BCUT2D eigenvalue weighted by Crippen LogP contribution is -2.17. The molecule has 0 radical (unpaired) electrons. The van der Waals surface area contributed by atoms with Crippen LogP contribution in [0.3, 0.4) is 0 Å². The number of hydrogen-bond acceptors (Lipinski definition) is 3. The number of benzene rings is 2. The Kier molecular flexibility index (Phi) is 4.79. The normalized spacial score (nSPS) is 11.4. The minimum absolute atomic E-state index is 0.286. The maximum Gasteiger partial charge on any atom is 0.264 e. The van der Waals surface area contributed by atoms with Crippen molar-refractivity contribution in [2.24, 2.45) is 5.73 Å². The average molecular weight is 424 g/mol. The summed E-state index contributed by atoms with van der Waals surface area (Å²) in [5, 5.41) is 0. The molecule has 0 aliphatic heterocycles. The first-order chi connectivity index (χ1) is 9.85. The van der Waals surface area contributed by atoms with Crippen LogP contribution in [0.25, 0.3) is 0 Å². The minimum Gasteiger partial charge on any atom is -0.326 e. The van der Waals surface area contributed by atoms with Gasteiger partial charge in [0, 0.05) is 21.4 Å². The van der Waals surface area contributed by atoms with Crippen molar-refractivity contribution in [3.05, 3.63) is 57.2 Å². The van der Waals surface area contributed by atoms with E-state index < -0.39 is 38.7 Å². The van der Waals surface area contributed by atoms with Gasteiger partial charge in [-0.1, -0.05) is 0 Å². The van der Waals surface area contributed by atoms with E-state index in [9.17, 15) is 17.2 Å². The van der Waals surface area contributed by atoms with Gasteiger partial charge in [0.15, 0.2) is 5.82 Å².